The van der Waals surface area contributed by atoms with E-state index >= 15 is 0 Å². The van der Waals surface area contributed by atoms with Crippen molar-refractivity contribution in [3.8, 4) is 5.75 Å². The van der Waals surface area contributed by atoms with E-state index in [-0.39, 0.29) is 18.4 Å². The van der Waals surface area contributed by atoms with E-state index < -0.39 is 11.0 Å². The molecule has 1 atom stereocenters. The molecular formula is C17H17N5O5S. The fourth-order valence-corrected chi connectivity index (χ4v) is 2.98. The Balaban J connectivity index is 1.49. The van der Waals surface area contributed by atoms with Gasteiger partial charge < -0.3 is 14.8 Å². The standard InChI is InChI=1S/C17H17N5O5S/c1-26-14-4-2-3-11(9-14)18-16(23)19-17-21-20-15(28-17)10-27-13-7-5-12(6-8-13)22(24)25/h2-3,5-9,14H,4,10H2,1H3,(H2,18,19,21,23). The maximum absolute atomic E-state index is 12.1. The third-order valence-corrected chi connectivity index (χ3v) is 4.50. The number of rotatable bonds is 7. The number of methoxy groups -OCH3 is 1. The van der Waals surface area contributed by atoms with Crippen LogP contribution in [0.2, 0.25) is 0 Å². The molecule has 1 unspecified atom stereocenters. The smallest absolute Gasteiger partial charge is 0.325 e. The molecule has 3 rings (SSSR count). The molecule has 0 saturated heterocycles. The van der Waals surface area contributed by atoms with Crippen LogP contribution in [0.1, 0.15) is 11.4 Å². The fraction of sp³-hybridized carbons (Fsp3) is 0.235. The van der Waals surface area contributed by atoms with Crippen LogP contribution in [-0.4, -0.2) is 34.4 Å². The molecule has 0 bridgehead atoms. The minimum absolute atomic E-state index is 0.0134. The van der Waals surface area contributed by atoms with Gasteiger partial charge in [-0.15, -0.1) is 10.2 Å². The van der Waals surface area contributed by atoms with Crippen molar-refractivity contribution in [1.82, 2.24) is 15.5 Å². The average molecular weight is 403 g/mol. The first-order valence-electron chi connectivity index (χ1n) is 8.22. The maximum Gasteiger partial charge on any atom is 0.325 e. The van der Waals surface area contributed by atoms with Crippen molar-refractivity contribution in [2.24, 2.45) is 0 Å². The molecule has 146 valence electrons. The van der Waals surface area contributed by atoms with Crippen LogP contribution in [0.25, 0.3) is 0 Å². The Morgan fingerprint density at radius 2 is 2.11 bits per heavy atom. The van der Waals surface area contributed by atoms with E-state index in [1.54, 1.807) is 13.2 Å². The number of amides is 2. The molecule has 0 aliphatic heterocycles. The minimum atomic E-state index is -0.480. The summed E-state index contributed by atoms with van der Waals surface area (Å²) < 4.78 is 10.8. The van der Waals surface area contributed by atoms with Crippen molar-refractivity contribution < 1.29 is 19.2 Å². The van der Waals surface area contributed by atoms with Crippen LogP contribution in [0.5, 0.6) is 5.75 Å². The average Bonchev–Trinajstić information content (AvgIpc) is 3.14. The van der Waals surface area contributed by atoms with Gasteiger partial charge in [0.15, 0.2) is 5.01 Å². The summed E-state index contributed by atoms with van der Waals surface area (Å²) >= 11 is 1.17. The molecule has 11 heteroatoms. The van der Waals surface area contributed by atoms with E-state index in [1.807, 2.05) is 12.2 Å². The number of hydrogen-bond donors (Lipinski definition) is 2. The summed E-state index contributed by atoms with van der Waals surface area (Å²) in [6, 6.07) is 5.28. The Morgan fingerprint density at radius 1 is 1.32 bits per heavy atom. The normalized spacial score (nSPS) is 15.6. The number of non-ortho nitro benzene ring substituents is 1. The molecule has 28 heavy (non-hydrogen) atoms. The van der Waals surface area contributed by atoms with Crippen molar-refractivity contribution in [1.29, 1.82) is 0 Å². The van der Waals surface area contributed by atoms with Crippen molar-refractivity contribution >= 4 is 28.2 Å². The number of nitro benzene ring substituents is 1. The van der Waals surface area contributed by atoms with E-state index in [0.717, 1.165) is 6.42 Å². The Labute approximate surface area is 164 Å². The van der Waals surface area contributed by atoms with Gasteiger partial charge in [-0.2, -0.15) is 0 Å². The molecular weight excluding hydrogens is 386 g/mol. The van der Waals surface area contributed by atoms with Gasteiger partial charge in [0.2, 0.25) is 5.13 Å². The zero-order valence-electron chi connectivity index (χ0n) is 14.8. The summed E-state index contributed by atoms with van der Waals surface area (Å²) in [5, 5.41) is 24.7. The first-order chi connectivity index (χ1) is 13.5. The van der Waals surface area contributed by atoms with Gasteiger partial charge in [-0.25, -0.2) is 4.79 Å². The SMILES string of the molecule is COC1C=C(NC(=O)Nc2nnc(COc3ccc([N+](=O)[O-])cc3)s2)C=CC1. The highest BCUT2D eigenvalue weighted by Gasteiger charge is 2.13. The Bertz CT molecular complexity index is 909. The molecule has 10 nitrogen and oxygen atoms in total. The fourth-order valence-electron chi connectivity index (χ4n) is 2.33. The van der Waals surface area contributed by atoms with Gasteiger partial charge >= 0.3 is 6.03 Å². The molecule has 0 saturated carbocycles. The van der Waals surface area contributed by atoms with Crippen LogP contribution in [0.3, 0.4) is 0 Å². The van der Waals surface area contributed by atoms with Gasteiger partial charge in [0, 0.05) is 24.9 Å². The molecule has 0 spiro atoms. The summed E-state index contributed by atoms with van der Waals surface area (Å²) in [5.41, 5.74) is 0.627. The van der Waals surface area contributed by atoms with Gasteiger partial charge in [-0.3, -0.25) is 15.4 Å². The number of ether oxygens (including phenoxy) is 2. The number of nitro groups is 1. The summed E-state index contributed by atoms with van der Waals surface area (Å²) in [5.74, 6) is 0.469. The first-order valence-corrected chi connectivity index (χ1v) is 9.04. The number of aromatic nitrogens is 2. The third-order valence-electron chi connectivity index (χ3n) is 3.69. The lowest BCUT2D eigenvalue weighted by atomic mass is 10.1. The second-order valence-electron chi connectivity index (χ2n) is 5.65. The number of nitrogens with zero attached hydrogens (tertiary/aromatic N) is 3. The Morgan fingerprint density at radius 3 is 2.82 bits per heavy atom. The highest BCUT2D eigenvalue weighted by molar-refractivity contribution is 7.15. The number of carbonyl (C=O) groups is 1. The number of nitrogens with one attached hydrogen (secondary N) is 2. The molecule has 2 amide bonds. The lowest BCUT2D eigenvalue weighted by Gasteiger charge is -2.15. The van der Waals surface area contributed by atoms with E-state index in [2.05, 4.69) is 20.8 Å². The largest absolute Gasteiger partial charge is 0.486 e. The summed E-state index contributed by atoms with van der Waals surface area (Å²) in [6.45, 7) is 0.127. The van der Waals surface area contributed by atoms with Gasteiger partial charge in [-0.05, 0) is 30.7 Å². The van der Waals surface area contributed by atoms with Crippen LogP contribution in [0.15, 0.2) is 48.2 Å². The van der Waals surface area contributed by atoms with Crippen molar-refractivity contribution in [2.45, 2.75) is 19.1 Å². The van der Waals surface area contributed by atoms with E-state index in [1.165, 1.54) is 35.6 Å². The molecule has 1 aliphatic carbocycles. The highest BCUT2D eigenvalue weighted by atomic mass is 32.1. The predicted octanol–water partition coefficient (Wildman–Crippen LogP) is 3.01. The molecule has 1 heterocycles. The van der Waals surface area contributed by atoms with Gasteiger partial charge in [0.1, 0.15) is 12.4 Å². The quantitative estimate of drug-likeness (QED) is 0.537. The summed E-state index contributed by atoms with van der Waals surface area (Å²) in [6.07, 6.45) is 6.24. The highest BCUT2D eigenvalue weighted by Crippen LogP contribution is 2.21. The van der Waals surface area contributed by atoms with Crippen LogP contribution in [-0.2, 0) is 11.3 Å². The number of anilines is 1. The summed E-state index contributed by atoms with van der Waals surface area (Å²) in [4.78, 5) is 22.2. The third kappa shape index (κ3) is 5.34. The van der Waals surface area contributed by atoms with Crippen LogP contribution >= 0.6 is 11.3 Å². The zero-order chi connectivity index (χ0) is 19.9. The minimum Gasteiger partial charge on any atom is -0.486 e. The van der Waals surface area contributed by atoms with Gasteiger partial charge in [0.25, 0.3) is 5.69 Å². The second-order valence-corrected chi connectivity index (χ2v) is 6.72. The van der Waals surface area contributed by atoms with Crippen molar-refractivity contribution in [3.63, 3.8) is 0 Å². The predicted molar refractivity (Wildman–Crippen MR) is 102 cm³/mol. The molecule has 1 aliphatic rings. The lowest BCUT2D eigenvalue weighted by molar-refractivity contribution is -0.384. The maximum atomic E-state index is 12.1. The number of urea groups is 1. The van der Waals surface area contributed by atoms with Crippen LogP contribution < -0.4 is 15.4 Å². The number of carbonyl (C=O) groups excluding carboxylic acids is 1. The second kappa shape index (κ2) is 9.06. The Kier molecular flexibility index (Phi) is 6.29. The lowest BCUT2D eigenvalue weighted by Crippen LogP contribution is -2.29. The number of hydrogen-bond acceptors (Lipinski definition) is 8. The van der Waals surface area contributed by atoms with Crippen molar-refractivity contribution in [2.75, 3.05) is 12.4 Å². The monoisotopic (exact) mass is 403 g/mol. The topological polar surface area (TPSA) is 129 Å². The number of allylic oxidation sites excluding steroid dienone is 1. The molecule has 1 aromatic heterocycles. The van der Waals surface area contributed by atoms with Gasteiger partial charge in [-0.1, -0.05) is 17.4 Å². The van der Waals surface area contributed by atoms with E-state index in [9.17, 15) is 14.9 Å². The molecule has 1 aromatic carbocycles. The molecule has 0 radical (unpaired) electrons. The van der Waals surface area contributed by atoms with Gasteiger partial charge in [0.05, 0.1) is 11.0 Å². The number of benzene rings is 1. The van der Waals surface area contributed by atoms with Crippen molar-refractivity contribution in [3.05, 3.63) is 63.3 Å². The van der Waals surface area contributed by atoms with E-state index in [4.69, 9.17) is 9.47 Å². The van der Waals surface area contributed by atoms with Crippen LogP contribution in [0, 0.1) is 10.1 Å². The summed E-state index contributed by atoms with van der Waals surface area (Å²) in [7, 11) is 1.61. The zero-order valence-corrected chi connectivity index (χ0v) is 15.6. The first kappa shape index (κ1) is 19.5. The molecule has 2 N–H and O–H groups in total. The molecule has 2 aromatic rings. The Hall–Kier alpha value is -3.31. The van der Waals surface area contributed by atoms with Crippen LogP contribution in [0.4, 0.5) is 15.6 Å². The molecule has 0 fully saturated rings. The van der Waals surface area contributed by atoms with E-state index in [0.29, 0.717) is 21.6 Å².